The Hall–Kier alpha value is -0.950. The van der Waals surface area contributed by atoms with Gasteiger partial charge in [0, 0.05) is 17.4 Å². The lowest BCUT2D eigenvalue weighted by Crippen LogP contribution is -1.96. The van der Waals surface area contributed by atoms with Crippen molar-refractivity contribution in [1.82, 2.24) is 0 Å². The Kier molecular flexibility index (Phi) is 2.28. The molecule has 1 aromatic carbocycles. The topological polar surface area (TPSA) is 9.23 Å². The predicted molar refractivity (Wildman–Crippen MR) is 53.9 cm³/mol. The van der Waals surface area contributed by atoms with Crippen LogP contribution in [-0.4, -0.2) is 6.61 Å². The van der Waals surface area contributed by atoms with E-state index in [9.17, 15) is 0 Å². The standard InChI is InChI=1S/C11H11ClO/c1-8-6-10(7-13-8)9-2-4-11(12)5-3-9/h2-5,10H,1,6-7H2. The van der Waals surface area contributed by atoms with Crippen molar-refractivity contribution in [2.45, 2.75) is 12.3 Å². The highest BCUT2D eigenvalue weighted by molar-refractivity contribution is 6.30. The molecule has 0 radical (unpaired) electrons. The van der Waals surface area contributed by atoms with Gasteiger partial charge >= 0.3 is 0 Å². The second kappa shape index (κ2) is 3.43. The fraction of sp³-hybridized carbons (Fsp3) is 0.273. The quantitative estimate of drug-likeness (QED) is 0.666. The first kappa shape index (κ1) is 8.64. The Morgan fingerprint density at radius 3 is 2.54 bits per heavy atom. The molecule has 0 amide bonds. The lowest BCUT2D eigenvalue weighted by molar-refractivity contribution is 0.257. The first-order valence-electron chi connectivity index (χ1n) is 4.32. The van der Waals surface area contributed by atoms with Crippen molar-refractivity contribution in [1.29, 1.82) is 0 Å². The van der Waals surface area contributed by atoms with E-state index in [0.717, 1.165) is 23.8 Å². The molecule has 0 aromatic heterocycles. The van der Waals surface area contributed by atoms with Crippen LogP contribution in [0.1, 0.15) is 17.9 Å². The average Bonchev–Trinajstić information content (AvgIpc) is 2.53. The van der Waals surface area contributed by atoms with Crippen LogP contribution in [0.4, 0.5) is 0 Å². The van der Waals surface area contributed by atoms with Gasteiger partial charge in [0.15, 0.2) is 0 Å². The summed E-state index contributed by atoms with van der Waals surface area (Å²) in [5, 5.41) is 0.779. The fourth-order valence-corrected chi connectivity index (χ4v) is 1.69. The molecule has 1 fully saturated rings. The van der Waals surface area contributed by atoms with Crippen molar-refractivity contribution in [3.8, 4) is 0 Å². The van der Waals surface area contributed by atoms with Crippen LogP contribution in [0.25, 0.3) is 0 Å². The van der Waals surface area contributed by atoms with Crippen molar-refractivity contribution >= 4 is 11.6 Å². The van der Waals surface area contributed by atoms with E-state index >= 15 is 0 Å². The van der Waals surface area contributed by atoms with E-state index in [-0.39, 0.29) is 0 Å². The summed E-state index contributed by atoms with van der Waals surface area (Å²) in [6.45, 7) is 4.55. The average molecular weight is 195 g/mol. The van der Waals surface area contributed by atoms with Crippen molar-refractivity contribution in [3.63, 3.8) is 0 Å². The smallest absolute Gasteiger partial charge is 0.0949 e. The normalized spacial score (nSPS) is 21.6. The minimum absolute atomic E-state index is 0.463. The number of ether oxygens (including phenoxy) is 1. The zero-order valence-corrected chi connectivity index (χ0v) is 8.05. The molecule has 1 unspecified atom stereocenters. The monoisotopic (exact) mass is 194 g/mol. The molecule has 13 heavy (non-hydrogen) atoms. The van der Waals surface area contributed by atoms with Gasteiger partial charge in [-0.05, 0) is 17.7 Å². The van der Waals surface area contributed by atoms with Crippen LogP contribution >= 0.6 is 11.6 Å². The van der Waals surface area contributed by atoms with Gasteiger partial charge in [0.2, 0.25) is 0 Å². The van der Waals surface area contributed by atoms with Gasteiger partial charge in [-0.1, -0.05) is 30.3 Å². The largest absolute Gasteiger partial charge is 0.498 e. The fourth-order valence-electron chi connectivity index (χ4n) is 1.56. The number of rotatable bonds is 1. The van der Waals surface area contributed by atoms with Crippen LogP contribution < -0.4 is 0 Å². The molecule has 0 spiro atoms. The Morgan fingerprint density at radius 2 is 2.00 bits per heavy atom. The van der Waals surface area contributed by atoms with Crippen molar-refractivity contribution in [3.05, 3.63) is 47.2 Å². The molecule has 2 heteroatoms. The third kappa shape index (κ3) is 1.86. The van der Waals surface area contributed by atoms with Crippen LogP contribution in [0.15, 0.2) is 36.6 Å². The maximum atomic E-state index is 5.80. The van der Waals surface area contributed by atoms with E-state index in [1.54, 1.807) is 0 Å². The summed E-state index contributed by atoms with van der Waals surface area (Å²) in [6, 6.07) is 7.93. The highest BCUT2D eigenvalue weighted by Gasteiger charge is 2.20. The van der Waals surface area contributed by atoms with E-state index in [4.69, 9.17) is 16.3 Å². The lowest BCUT2D eigenvalue weighted by atomic mass is 9.98. The Labute approximate surface area is 83.0 Å². The molecule has 1 nitrogen and oxygen atoms in total. The van der Waals surface area contributed by atoms with Crippen molar-refractivity contribution in [2.75, 3.05) is 6.61 Å². The third-order valence-electron chi connectivity index (χ3n) is 2.30. The number of benzene rings is 1. The summed E-state index contributed by atoms with van der Waals surface area (Å²) >= 11 is 5.80. The first-order chi connectivity index (χ1) is 6.25. The van der Waals surface area contributed by atoms with Crippen LogP contribution in [0.3, 0.4) is 0 Å². The van der Waals surface area contributed by atoms with E-state index in [0.29, 0.717) is 5.92 Å². The number of hydrogen-bond donors (Lipinski definition) is 0. The highest BCUT2D eigenvalue weighted by atomic mass is 35.5. The van der Waals surface area contributed by atoms with Gasteiger partial charge < -0.3 is 4.74 Å². The number of halogens is 1. The molecule has 1 aliphatic heterocycles. The zero-order valence-electron chi connectivity index (χ0n) is 7.29. The van der Waals surface area contributed by atoms with Gasteiger partial charge in [0.05, 0.1) is 12.4 Å². The van der Waals surface area contributed by atoms with Gasteiger partial charge in [0.25, 0.3) is 0 Å². The molecule has 0 N–H and O–H groups in total. The van der Waals surface area contributed by atoms with E-state index in [2.05, 4.69) is 18.7 Å². The first-order valence-corrected chi connectivity index (χ1v) is 4.69. The number of hydrogen-bond acceptors (Lipinski definition) is 1. The van der Waals surface area contributed by atoms with E-state index in [1.165, 1.54) is 5.56 Å². The maximum Gasteiger partial charge on any atom is 0.0949 e. The van der Waals surface area contributed by atoms with Gasteiger partial charge in [0.1, 0.15) is 0 Å². The van der Waals surface area contributed by atoms with E-state index < -0.39 is 0 Å². The lowest BCUT2D eigenvalue weighted by Gasteiger charge is -2.05. The maximum absolute atomic E-state index is 5.80. The molecule has 0 saturated carbocycles. The van der Waals surface area contributed by atoms with E-state index in [1.807, 2.05) is 12.1 Å². The Morgan fingerprint density at radius 1 is 1.31 bits per heavy atom. The predicted octanol–water partition coefficient (Wildman–Crippen LogP) is 3.36. The summed E-state index contributed by atoms with van der Waals surface area (Å²) in [5.74, 6) is 1.35. The number of allylic oxidation sites excluding steroid dienone is 1. The van der Waals surface area contributed by atoms with Crippen LogP contribution in [0, 0.1) is 0 Å². The van der Waals surface area contributed by atoms with Crippen LogP contribution in [-0.2, 0) is 4.74 Å². The Bertz CT molecular complexity index is 315. The molecule has 2 rings (SSSR count). The molecule has 1 aliphatic rings. The zero-order chi connectivity index (χ0) is 9.26. The third-order valence-corrected chi connectivity index (χ3v) is 2.56. The van der Waals surface area contributed by atoms with Gasteiger partial charge in [-0.3, -0.25) is 0 Å². The van der Waals surface area contributed by atoms with Gasteiger partial charge in [-0.15, -0.1) is 0 Å². The van der Waals surface area contributed by atoms with Crippen LogP contribution in [0.2, 0.25) is 5.02 Å². The molecular formula is C11H11ClO. The molecule has 0 bridgehead atoms. The molecule has 1 aromatic rings. The molecular weight excluding hydrogens is 184 g/mol. The highest BCUT2D eigenvalue weighted by Crippen LogP contribution is 2.30. The van der Waals surface area contributed by atoms with Gasteiger partial charge in [-0.25, -0.2) is 0 Å². The minimum atomic E-state index is 0.463. The summed E-state index contributed by atoms with van der Waals surface area (Å²) < 4.78 is 5.32. The second-order valence-corrected chi connectivity index (χ2v) is 3.74. The molecule has 1 atom stereocenters. The second-order valence-electron chi connectivity index (χ2n) is 3.30. The molecule has 0 aliphatic carbocycles. The van der Waals surface area contributed by atoms with Gasteiger partial charge in [-0.2, -0.15) is 0 Å². The molecule has 68 valence electrons. The van der Waals surface area contributed by atoms with Crippen LogP contribution in [0.5, 0.6) is 0 Å². The summed E-state index contributed by atoms with van der Waals surface area (Å²) in [6.07, 6.45) is 0.932. The minimum Gasteiger partial charge on any atom is -0.498 e. The van der Waals surface area contributed by atoms with Crippen molar-refractivity contribution in [2.24, 2.45) is 0 Å². The summed E-state index contributed by atoms with van der Waals surface area (Å²) in [7, 11) is 0. The Balaban J connectivity index is 2.17. The molecule has 1 saturated heterocycles. The van der Waals surface area contributed by atoms with Crippen molar-refractivity contribution < 1.29 is 4.74 Å². The molecule has 1 heterocycles. The summed E-state index contributed by atoms with van der Waals surface area (Å²) in [4.78, 5) is 0. The SMILES string of the molecule is C=C1CC(c2ccc(Cl)cc2)CO1. The summed E-state index contributed by atoms with van der Waals surface area (Å²) in [5.41, 5.74) is 1.28.